The standard InChI is InChI=1S/C30H37FN2O5/c1-28(2,3)38-27(36)33-18-29(4,5)37-25-16-21(7-9-24(25)33)32-12-10-30(11-13-32)17-19(14-26(34)35)22-8-6-20(31)15-23(22)30/h6-9,15-16,19H,10-14,17-18H2,1-5H3,(H,34,35)/t19-/m1/s1. The van der Waals surface area contributed by atoms with Gasteiger partial charge in [0.05, 0.1) is 18.7 Å². The number of aliphatic carboxylic acids is 1. The maximum Gasteiger partial charge on any atom is 0.415 e. The lowest BCUT2D eigenvalue weighted by atomic mass is 9.73. The Morgan fingerprint density at radius 3 is 2.50 bits per heavy atom. The second-order valence-corrected chi connectivity index (χ2v) is 12.6. The van der Waals surface area contributed by atoms with Gasteiger partial charge in [0.2, 0.25) is 0 Å². The number of piperidine rings is 1. The van der Waals surface area contributed by atoms with E-state index in [9.17, 15) is 19.1 Å². The molecule has 2 aromatic carbocycles. The number of halogens is 1. The molecule has 0 saturated carbocycles. The van der Waals surface area contributed by atoms with E-state index in [1.54, 1.807) is 17.0 Å². The Balaban J connectivity index is 1.37. The molecule has 38 heavy (non-hydrogen) atoms. The van der Waals surface area contributed by atoms with Gasteiger partial charge in [-0.2, -0.15) is 0 Å². The van der Waals surface area contributed by atoms with Crippen LogP contribution in [-0.4, -0.2) is 48.0 Å². The summed E-state index contributed by atoms with van der Waals surface area (Å²) in [7, 11) is 0. The monoisotopic (exact) mass is 524 g/mol. The lowest BCUT2D eigenvalue weighted by Crippen LogP contribution is -2.50. The Bertz CT molecular complexity index is 1260. The highest BCUT2D eigenvalue weighted by Crippen LogP contribution is 2.53. The molecular weight excluding hydrogens is 487 g/mol. The number of carbonyl (C=O) groups is 2. The SMILES string of the molecule is CC(C)(C)OC(=O)N1CC(C)(C)Oc2cc(N3CCC4(CC3)C[C@@H](CC(=O)O)c3ccc(F)cc34)ccc21. The zero-order valence-electron chi connectivity index (χ0n) is 22.8. The zero-order chi connectivity index (χ0) is 27.5. The number of carboxylic acids is 1. The summed E-state index contributed by atoms with van der Waals surface area (Å²) < 4.78 is 26.2. The molecular formula is C30H37FN2O5. The summed E-state index contributed by atoms with van der Waals surface area (Å²) in [6.45, 7) is 11.4. The van der Waals surface area contributed by atoms with Gasteiger partial charge < -0.3 is 19.5 Å². The van der Waals surface area contributed by atoms with Gasteiger partial charge in [0.1, 0.15) is 22.8 Å². The molecule has 0 unspecified atom stereocenters. The fraction of sp³-hybridized carbons (Fsp3) is 0.533. The molecule has 3 aliphatic rings. The van der Waals surface area contributed by atoms with Crippen LogP contribution >= 0.6 is 0 Å². The molecule has 7 nitrogen and oxygen atoms in total. The van der Waals surface area contributed by atoms with Crippen molar-refractivity contribution in [3.05, 3.63) is 53.3 Å². The van der Waals surface area contributed by atoms with Crippen LogP contribution in [0.1, 0.15) is 77.3 Å². The fourth-order valence-electron chi connectivity index (χ4n) is 6.37. The van der Waals surface area contributed by atoms with Crippen molar-refractivity contribution < 1.29 is 28.6 Å². The van der Waals surface area contributed by atoms with Gasteiger partial charge in [-0.3, -0.25) is 9.69 Å². The predicted molar refractivity (Wildman–Crippen MR) is 144 cm³/mol. The summed E-state index contributed by atoms with van der Waals surface area (Å²) in [4.78, 5) is 28.4. The molecule has 1 aliphatic carbocycles. The maximum absolute atomic E-state index is 14.3. The van der Waals surface area contributed by atoms with E-state index in [0.29, 0.717) is 18.0 Å². The number of hydrogen-bond donors (Lipinski definition) is 1. The van der Waals surface area contributed by atoms with Crippen LogP contribution in [0.15, 0.2) is 36.4 Å². The van der Waals surface area contributed by atoms with Crippen LogP contribution in [0.25, 0.3) is 0 Å². The highest BCUT2D eigenvalue weighted by atomic mass is 19.1. The number of carboxylic acid groups (broad SMARTS) is 1. The number of fused-ring (bicyclic) bond motifs is 3. The fourth-order valence-corrected chi connectivity index (χ4v) is 6.37. The molecule has 1 N–H and O–H groups in total. The molecule has 2 aromatic rings. The van der Waals surface area contributed by atoms with Gasteiger partial charge in [-0.05, 0) is 101 Å². The number of ether oxygens (including phenoxy) is 2. The molecule has 1 fully saturated rings. The van der Waals surface area contributed by atoms with Crippen molar-refractivity contribution in [1.29, 1.82) is 0 Å². The molecule has 1 spiro atoms. The van der Waals surface area contributed by atoms with Crippen LogP contribution in [0.5, 0.6) is 5.75 Å². The first-order valence-electron chi connectivity index (χ1n) is 13.4. The van der Waals surface area contributed by atoms with Crippen molar-refractivity contribution >= 4 is 23.4 Å². The average molecular weight is 525 g/mol. The number of benzene rings is 2. The van der Waals surface area contributed by atoms with Gasteiger partial charge in [0, 0.05) is 24.8 Å². The summed E-state index contributed by atoms with van der Waals surface area (Å²) in [5, 5.41) is 9.45. The third-order valence-electron chi connectivity index (χ3n) is 7.94. The number of anilines is 2. The van der Waals surface area contributed by atoms with Crippen molar-refractivity contribution in [2.75, 3.05) is 29.4 Å². The van der Waals surface area contributed by atoms with Crippen LogP contribution in [-0.2, 0) is 14.9 Å². The smallest absolute Gasteiger partial charge is 0.415 e. The van der Waals surface area contributed by atoms with Crippen molar-refractivity contribution in [3.63, 3.8) is 0 Å². The van der Waals surface area contributed by atoms with Gasteiger partial charge in [-0.15, -0.1) is 0 Å². The Morgan fingerprint density at radius 1 is 1.13 bits per heavy atom. The Kier molecular flexibility index (Phi) is 6.35. The normalized spacial score (nSPS) is 21.5. The number of nitrogens with zero attached hydrogens (tertiary/aromatic N) is 2. The summed E-state index contributed by atoms with van der Waals surface area (Å²) in [6, 6.07) is 10.7. The van der Waals surface area contributed by atoms with Crippen molar-refractivity contribution in [1.82, 2.24) is 0 Å². The minimum atomic E-state index is -0.822. The van der Waals surface area contributed by atoms with Crippen molar-refractivity contribution in [2.24, 2.45) is 0 Å². The van der Waals surface area contributed by atoms with Gasteiger partial charge in [-0.1, -0.05) is 6.07 Å². The van der Waals surface area contributed by atoms with Crippen LogP contribution < -0.4 is 14.5 Å². The summed E-state index contributed by atoms with van der Waals surface area (Å²) in [6.07, 6.45) is 2.03. The maximum atomic E-state index is 14.3. The first kappa shape index (κ1) is 26.3. The van der Waals surface area contributed by atoms with E-state index < -0.39 is 23.3 Å². The summed E-state index contributed by atoms with van der Waals surface area (Å²) in [5.74, 6) is -0.546. The van der Waals surface area contributed by atoms with Crippen LogP contribution in [0.4, 0.5) is 20.6 Å². The molecule has 8 heteroatoms. The Morgan fingerprint density at radius 2 is 1.84 bits per heavy atom. The zero-order valence-corrected chi connectivity index (χ0v) is 22.8. The van der Waals surface area contributed by atoms with E-state index in [0.717, 1.165) is 49.2 Å². The van der Waals surface area contributed by atoms with E-state index in [2.05, 4.69) is 4.90 Å². The highest BCUT2D eigenvalue weighted by molar-refractivity contribution is 5.91. The quantitative estimate of drug-likeness (QED) is 0.512. The van der Waals surface area contributed by atoms with E-state index in [1.165, 1.54) is 6.07 Å². The molecule has 1 amide bonds. The summed E-state index contributed by atoms with van der Waals surface area (Å²) >= 11 is 0. The predicted octanol–water partition coefficient (Wildman–Crippen LogP) is 6.24. The van der Waals surface area contributed by atoms with Crippen molar-refractivity contribution in [3.8, 4) is 5.75 Å². The number of carbonyl (C=O) groups excluding carboxylic acids is 1. The van der Waals surface area contributed by atoms with Gasteiger partial charge in [0.25, 0.3) is 0 Å². The first-order valence-corrected chi connectivity index (χ1v) is 13.4. The van der Waals surface area contributed by atoms with Crippen molar-refractivity contribution in [2.45, 2.75) is 82.8 Å². The number of amides is 1. The Labute approximate surface area is 223 Å². The van der Waals surface area contributed by atoms with Gasteiger partial charge in [0.15, 0.2) is 0 Å². The second-order valence-electron chi connectivity index (χ2n) is 12.6. The molecule has 2 aliphatic heterocycles. The molecule has 0 aromatic heterocycles. The third kappa shape index (κ3) is 5.05. The topological polar surface area (TPSA) is 79.3 Å². The van der Waals surface area contributed by atoms with Crippen LogP contribution in [0.3, 0.4) is 0 Å². The minimum absolute atomic E-state index is 0.0657. The lowest BCUT2D eigenvalue weighted by Gasteiger charge is -2.43. The number of hydrogen-bond acceptors (Lipinski definition) is 5. The average Bonchev–Trinajstić information content (AvgIpc) is 3.08. The van der Waals surface area contributed by atoms with E-state index >= 15 is 0 Å². The lowest BCUT2D eigenvalue weighted by molar-refractivity contribution is -0.137. The van der Waals surface area contributed by atoms with E-state index in [4.69, 9.17) is 9.47 Å². The minimum Gasteiger partial charge on any atom is -0.484 e. The van der Waals surface area contributed by atoms with Gasteiger partial charge in [-0.25, -0.2) is 9.18 Å². The summed E-state index contributed by atoms with van der Waals surface area (Å²) in [5.41, 5.74) is 2.25. The molecule has 0 bridgehead atoms. The molecule has 204 valence electrons. The van der Waals surface area contributed by atoms with E-state index in [-0.39, 0.29) is 23.6 Å². The molecule has 0 radical (unpaired) electrons. The molecule has 2 heterocycles. The largest absolute Gasteiger partial charge is 0.484 e. The third-order valence-corrected chi connectivity index (χ3v) is 7.94. The van der Waals surface area contributed by atoms with Gasteiger partial charge >= 0.3 is 12.1 Å². The van der Waals surface area contributed by atoms with Crippen LogP contribution in [0.2, 0.25) is 0 Å². The Hall–Kier alpha value is -3.29. The molecule has 1 atom stereocenters. The van der Waals surface area contributed by atoms with E-state index in [1.807, 2.05) is 52.8 Å². The first-order chi connectivity index (χ1) is 17.8. The molecule has 5 rings (SSSR count). The second kappa shape index (κ2) is 9.17. The van der Waals surface area contributed by atoms with Crippen LogP contribution in [0, 0.1) is 5.82 Å². The number of rotatable bonds is 3. The molecule has 1 saturated heterocycles. The highest BCUT2D eigenvalue weighted by Gasteiger charge is 2.46.